The molecule has 0 saturated carbocycles. The van der Waals surface area contributed by atoms with Crippen molar-refractivity contribution in [2.24, 2.45) is 0 Å². The minimum Gasteiger partial charge on any atom is -0.493 e. The Morgan fingerprint density at radius 3 is 2.38 bits per heavy atom. The highest BCUT2D eigenvalue weighted by atomic mass is 79.9. The Hall–Kier alpha value is -4.18. The van der Waals surface area contributed by atoms with Crippen LogP contribution in [0.4, 0.5) is 5.69 Å². The third kappa shape index (κ3) is 6.20. The van der Waals surface area contributed by atoms with Gasteiger partial charge in [0.2, 0.25) is 0 Å². The molecule has 0 aromatic heterocycles. The number of hydrogen-bond donors (Lipinski definition) is 2. The molecule has 9 nitrogen and oxygen atoms in total. The molecule has 0 atom stereocenters. The molecule has 0 aliphatic heterocycles. The van der Waals surface area contributed by atoms with Crippen LogP contribution in [0.5, 0.6) is 11.5 Å². The summed E-state index contributed by atoms with van der Waals surface area (Å²) in [6, 6.07) is 17.4. The first-order chi connectivity index (χ1) is 16.3. The molecule has 0 unspecified atom stereocenters. The highest BCUT2D eigenvalue weighted by molar-refractivity contribution is 9.10. The summed E-state index contributed by atoms with van der Waals surface area (Å²) >= 11 is 3.40. The van der Waals surface area contributed by atoms with E-state index < -0.39 is 16.8 Å². The van der Waals surface area contributed by atoms with Crippen molar-refractivity contribution < 1.29 is 29.1 Å². The molecule has 0 spiro atoms. The van der Waals surface area contributed by atoms with E-state index in [1.54, 1.807) is 54.6 Å². The highest BCUT2D eigenvalue weighted by Crippen LogP contribution is 2.37. The number of non-ortho nitro benzene ring substituents is 1. The summed E-state index contributed by atoms with van der Waals surface area (Å²) in [5.41, 5.74) is 1.13. The number of nitrogens with zero attached hydrogens (tertiary/aromatic N) is 1. The lowest BCUT2D eigenvalue weighted by Crippen LogP contribution is -2.27. The number of hydrogen-bond acceptors (Lipinski definition) is 6. The minimum atomic E-state index is -1.31. The number of methoxy groups -OCH3 is 1. The van der Waals surface area contributed by atoms with Crippen LogP contribution < -0.4 is 14.8 Å². The van der Waals surface area contributed by atoms with Gasteiger partial charge in [-0.3, -0.25) is 14.9 Å². The maximum atomic E-state index is 12.4. The second kappa shape index (κ2) is 11.1. The summed E-state index contributed by atoms with van der Waals surface area (Å²) < 4.78 is 11.7. The normalized spacial score (nSPS) is 10.9. The number of halogens is 1. The van der Waals surface area contributed by atoms with Crippen molar-refractivity contribution in [3.05, 3.63) is 104 Å². The van der Waals surface area contributed by atoms with Gasteiger partial charge >= 0.3 is 5.97 Å². The van der Waals surface area contributed by atoms with Crippen LogP contribution in [-0.4, -0.2) is 29.0 Å². The van der Waals surface area contributed by atoms with E-state index in [0.29, 0.717) is 32.7 Å². The van der Waals surface area contributed by atoms with E-state index in [1.807, 2.05) is 0 Å². The topological polar surface area (TPSA) is 128 Å². The van der Waals surface area contributed by atoms with E-state index in [-0.39, 0.29) is 18.0 Å². The van der Waals surface area contributed by atoms with E-state index >= 15 is 0 Å². The number of carboxylic acid groups (broad SMARTS) is 1. The number of aliphatic carboxylic acids is 1. The molecule has 0 bridgehead atoms. The van der Waals surface area contributed by atoms with Crippen molar-refractivity contribution in [3.8, 4) is 11.5 Å². The van der Waals surface area contributed by atoms with Crippen molar-refractivity contribution >= 4 is 39.6 Å². The Kier molecular flexibility index (Phi) is 7.99. The lowest BCUT2D eigenvalue weighted by atomic mass is 10.1. The van der Waals surface area contributed by atoms with E-state index in [4.69, 9.17) is 9.47 Å². The van der Waals surface area contributed by atoms with Gasteiger partial charge in [-0.05, 0) is 69.5 Å². The molecular weight excluding hydrogens is 508 g/mol. The average Bonchev–Trinajstić information content (AvgIpc) is 2.83. The number of carbonyl (C=O) groups is 2. The molecule has 3 rings (SSSR count). The first kappa shape index (κ1) is 24.5. The zero-order chi connectivity index (χ0) is 24.7. The van der Waals surface area contributed by atoms with Gasteiger partial charge in [0.05, 0.1) is 16.5 Å². The summed E-state index contributed by atoms with van der Waals surface area (Å²) in [7, 11) is 1.43. The minimum absolute atomic E-state index is 0.0211. The van der Waals surface area contributed by atoms with Gasteiger partial charge < -0.3 is 19.9 Å². The van der Waals surface area contributed by atoms with Crippen LogP contribution in [0.25, 0.3) is 6.08 Å². The SMILES string of the molecule is COc1cc(/C=C(/NC(=O)c2ccccc2)C(=O)O)cc(Br)c1OCc1ccc([N+](=O)[O-])cc1. The molecule has 0 radical (unpaired) electrons. The zero-order valence-corrected chi connectivity index (χ0v) is 19.4. The Balaban J connectivity index is 1.81. The van der Waals surface area contributed by atoms with Gasteiger partial charge in [-0.15, -0.1) is 0 Å². The molecule has 0 fully saturated rings. The third-order valence-corrected chi connectivity index (χ3v) is 5.20. The summed E-state index contributed by atoms with van der Waals surface area (Å²) in [6.45, 7) is 0.121. The molecule has 10 heteroatoms. The number of carboxylic acids is 1. The van der Waals surface area contributed by atoms with Gasteiger partial charge in [0.1, 0.15) is 12.3 Å². The lowest BCUT2D eigenvalue weighted by molar-refractivity contribution is -0.384. The zero-order valence-electron chi connectivity index (χ0n) is 17.9. The van der Waals surface area contributed by atoms with Gasteiger partial charge in [-0.1, -0.05) is 18.2 Å². The first-order valence-electron chi connectivity index (χ1n) is 9.83. The van der Waals surface area contributed by atoms with Crippen molar-refractivity contribution in [1.29, 1.82) is 0 Å². The van der Waals surface area contributed by atoms with E-state index in [0.717, 1.165) is 0 Å². The molecule has 34 heavy (non-hydrogen) atoms. The molecular formula is C24H19BrN2O7. The van der Waals surface area contributed by atoms with Gasteiger partial charge in [-0.25, -0.2) is 4.79 Å². The Labute approximate surface area is 202 Å². The van der Waals surface area contributed by atoms with Crippen LogP contribution in [0.15, 0.2) is 76.9 Å². The van der Waals surface area contributed by atoms with Gasteiger partial charge in [0, 0.05) is 17.7 Å². The van der Waals surface area contributed by atoms with Crippen LogP contribution in [0, 0.1) is 10.1 Å². The standard InChI is InChI=1S/C24H19BrN2O7/c1-33-21-13-16(12-20(24(29)30)26-23(28)17-5-3-2-4-6-17)11-19(25)22(21)34-14-15-7-9-18(10-8-15)27(31)32/h2-13H,14H2,1H3,(H,26,28)(H,29,30)/b20-12+. The fourth-order valence-corrected chi connectivity index (χ4v) is 3.51. The molecule has 0 aliphatic rings. The van der Waals surface area contributed by atoms with Crippen LogP contribution in [0.1, 0.15) is 21.5 Å². The van der Waals surface area contributed by atoms with E-state index in [2.05, 4.69) is 21.2 Å². The number of carbonyl (C=O) groups excluding carboxylic acids is 1. The monoisotopic (exact) mass is 526 g/mol. The number of rotatable bonds is 9. The van der Waals surface area contributed by atoms with Crippen LogP contribution in [-0.2, 0) is 11.4 Å². The van der Waals surface area contributed by atoms with E-state index in [1.165, 1.54) is 25.3 Å². The number of amides is 1. The summed E-state index contributed by atoms with van der Waals surface area (Å²) in [5.74, 6) is -1.17. The van der Waals surface area contributed by atoms with Crippen molar-refractivity contribution in [1.82, 2.24) is 5.32 Å². The number of nitrogens with one attached hydrogen (secondary N) is 1. The predicted molar refractivity (Wildman–Crippen MR) is 128 cm³/mol. The number of nitro benzene ring substituents is 1. The fourth-order valence-electron chi connectivity index (χ4n) is 2.93. The van der Waals surface area contributed by atoms with Gasteiger partial charge in [0.25, 0.3) is 11.6 Å². The largest absolute Gasteiger partial charge is 0.493 e. The Morgan fingerprint density at radius 2 is 1.79 bits per heavy atom. The molecule has 0 saturated heterocycles. The third-order valence-electron chi connectivity index (χ3n) is 4.61. The number of nitro groups is 1. The molecule has 0 heterocycles. The summed E-state index contributed by atoms with van der Waals surface area (Å²) in [5, 5.41) is 22.7. The van der Waals surface area contributed by atoms with Crippen LogP contribution in [0.2, 0.25) is 0 Å². The molecule has 174 valence electrons. The summed E-state index contributed by atoms with van der Waals surface area (Å²) in [4.78, 5) is 34.4. The molecule has 2 N–H and O–H groups in total. The van der Waals surface area contributed by atoms with Crippen molar-refractivity contribution in [3.63, 3.8) is 0 Å². The number of benzene rings is 3. The second-order valence-electron chi connectivity index (χ2n) is 6.93. The quantitative estimate of drug-likeness (QED) is 0.232. The maximum Gasteiger partial charge on any atom is 0.352 e. The molecule has 0 aliphatic carbocycles. The lowest BCUT2D eigenvalue weighted by Gasteiger charge is -2.14. The van der Waals surface area contributed by atoms with Crippen molar-refractivity contribution in [2.45, 2.75) is 6.61 Å². The predicted octanol–water partition coefficient (Wildman–Crippen LogP) is 4.80. The maximum absolute atomic E-state index is 12.4. The van der Waals surface area contributed by atoms with Crippen LogP contribution in [0.3, 0.4) is 0 Å². The Bertz CT molecular complexity index is 1240. The molecule has 3 aromatic carbocycles. The molecule has 1 amide bonds. The smallest absolute Gasteiger partial charge is 0.352 e. The van der Waals surface area contributed by atoms with E-state index in [9.17, 15) is 24.8 Å². The molecule has 3 aromatic rings. The summed E-state index contributed by atoms with van der Waals surface area (Å²) in [6.07, 6.45) is 1.30. The fraction of sp³-hybridized carbons (Fsp3) is 0.0833. The van der Waals surface area contributed by atoms with Gasteiger partial charge in [0.15, 0.2) is 11.5 Å². The average molecular weight is 527 g/mol. The van der Waals surface area contributed by atoms with Crippen molar-refractivity contribution in [2.75, 3.05) is 7.11 Å². The Morgan fingerprint density at radius 1 is 1.12 bits per heavy atom. The van der Waals surface area contributed by atoms with Gasteiger partial charge in [-0.2, -0.15) is 0 Å². The number of ether oxygens (including phenoxy) is 2. The highest BCUT2D eigenvalue weighted by Gasteiger charge is 2.16. The second-order valence-corrected chi connectivity index (χ2v) is 7.78. The first-order valence-corrected chi connectivity index (χ1v) is 10.6. The van der Waals surface area contributed by atoms with Crippen LogP contribution >= 0.6 is 15.9 Å².